The molecule has 6 aromatic carbocycles. The smallest absolute Gasteiger partial charge is 0.405 e. The Balaban J connectivity index is 0.985. The second kappa shape index (κ2) is 42.2. The number of aliphatic hydroxyl groups is 1. The number of para-hydroxylation sites is 2. The average molecular weight is 1680 g/mol. The van der Waals surface area contributed by atoms with Crippen molar-refractivity contribution < 1.29 is 89.3 Å². The standard InChI is InChI=1S/C83H97ClF6N16O13/c1-46(2)34-63(72(111)99-62(80(119)106-33-13-21-70(106)79(118)97-47(3)71(91)110)20-11-12-32-92-81(95-44-82(85,86)87)96-45-83(88,89)90)100-76(115)67(39-54-41-93-60-18-9-7-16-58(54)60)103-75(114)66(37-50-25-30-57(109)31-26-50)102-78(117)69(43-107)105-77(116)68(40-55-42-94-61-19-10-8-17-59(55)61)104-74(113)65(36-49-23-28-56(84)29-24-49)101-73(112)64(98-48(4)108)38-51-22-27-52-14-5-6-15-53(52)35-51/h5-10,14-19,22-31,35,41-42,46-47,62-70,93-94,107,109H,11-13,20-21,32-34,36-40,43-45H2,1-4H3,(H2,91,110)(H,97,118)(H,98,108)(H,99,111)(H,100,115)(H,101,112)(H,102,117)(H,103,114)(H,104,113)(H,105,116)(H2,92,95,96)/t47-,62+,63+,64-,65+,66+,67-,68-,69+,70+/m1/s1. The van der Waals surface area contributed by atoms with Gasteiger partial charge in [-0.3, -0.25) is 57.7 Å². The molecule has 0 unspecified atom stereocenters. The average Bonchev–Trinajstić information content (AvgIpc) is 1.50. The van der Waals surface area contributed by atoms with Gasteiger partial charge in [0.25, 0.3) is 0 Å². The number of amides is 11. The van der Waals surface area contributed by atoms with Crippen molar-refractivity contribution in [2.45, 2.75) is 171 Å². The van der Waals surface area contributed by atoms with E-state index in [2.05, 4.69) is 62.8 Å². The predicted molar refractivity (Wildman–Crippen MR) is 432 cm³/mol. The zero-order valence-corrected chi connectivity index (χ0v) is 66.4. The Morgan fingerprint density at radius 1 is 0.529 bits per heavy atom. The maximum absolute atomic E-state index is 15.4. The number of guanidine groups is 1. The van der Waals surface area contributed by atoms with E-state index >= 15 is 24.0 Å². The second-order valence-electron chi connectivity index (χ2n) is 29.7. The van der Waals surface area contributed by atoms with Crippen LogP contribution in [0.1, 0.15) is 94.0 Å². The Morgan fingerprint density at radius 3 is 1.47 bits per heavy atom. The number of alkyl halides is 6. The summed E-state index contributed by atoms with van der Waals surface area (Å²) in [5, 5.41) is 52.6. The number of nitrogens with one attached hydrogen (secondary N) is 13. The first-order chi connectivity index (χ1) is 56.6. The van der Waals surface area contributed by atoms with Gasteiger partial charge in [0.2, 0.25) is 65.0 Å². The summed E-state index contributed by atoms with van der Waals surface area (Å²) in [6.45, 7) is 1.00. The molecule has 0 spiro atoms. The monoisotopic (exact) mass is 1670 g/mol. The maximum atomic E-state index is 15.4. The van der Waals surface area contributed by atoms with Crippen molar-refractivity contribution in [3.8, 4) is 5.75 Å². The molecule has 3 heterocycles. The van der Waals surface area contributed by atoms with Gasteiger partial charge in [-0.05, 0) is 126 Å². The summed E-state index contributed by atoms with van der Waals surface area (Å²) in [7, 11) is 0. The Hall–Kier alpha value is -12.3. The molecule has 9 rings (SSSR count). The summed E-state index contributed by atoms with van der Waals surface area (Å²) in [6.07, 6.45) is -7.78. The molecule has 1 aliphatic heterocycles. The zero-order valence-electron chi connectivity index (χ0n) is 65.6. The van der Waals surface area contributed by atoms with Gasteiger partial charge in [-0.15, -0.1) is 0 Å². The van der Waals surface area contributed by atoms with Crippen molar-refractivity contribution in [3.05, 3.63) is 185 Å². The van der Waals surface area contributed by atoms with E-state index in [0.717, 1.165) is 10.8 Å². The van der Waals surface area contributed by atoms with Crippen LogP contribution >= 0.6 is 11.6 Å². The molecule has 36 heteroatoms. The largest absolute Gasteiger partial charge is 0.508 e. The number of unbranched alkanes of at least 4 members (excludes halogenated alkanes) is 1. The summed E-state index contributed by atoms with van der Waals surface area (Å²) in [5.41, 5.74) is 9.21. The highest BCUT2D eigenvalue weighted by Gasteiger charge is 2.41. The van der Waals surface area contributed by atoms with Gasteiger partial charge in [0, 0.05) is 91.3 Å². The number of carbonyl (C=O) groups excluding carboxylic acids is 11. The highest BCUT2D eigenvalue weighted by atomic mass is 35.5. The molecule has 11 amide bonds. The maximum Gasteiger partial charge on any atom is 0.405 e. The third kappa shape index (κ3) is 27.4. The van der Waals surface area contributed by atoms with Gasteiger partial charge in [0.15, 0.2) is 5.96 Å². The number of aromatic hydroxyl groups is 1. The molecule has 0 saturated carbocycles. The summed E-state index contributed by atoms with van der Waals surface area (Å²) < 4.78 is 79.2. The molecule has 1 saturated heterocycles. The summed E-state index contributed by atoms with van der Waals surface area (Å²) in [4.78, 5) is 170. The number of hydrogen-bond donors (Lipinski definition) is 16. The van der Waals surface area contributed by atoms with E-state index in [1.807, 2.05) is 42.5 Å². The number of hydrogen-bond acceptors (Lipinski definition) is 14. The van der Waals surface area contributed by atoms with Crippen LogP contribution in [-0.4, -0.2) is 202 Å². The first-order valence-corrected chi connectivity index (χ1v) is 39.1. The highest BCUT2D eigenvalue weighted by Crippen LogP contribution is 2.26. The van der Waals surface area contributed by atoms with Crippen LogP contribution in [0.15, 0.2) is 157 Å². The number of aliphatic hydroxyl groups excluding tert-OH is 1. The topological polar surface area (TPSA) is 434 Å². The predicted octanol–water partition coefficient (Wildman–Crippen LogP) is 5.42. The van der Waals surface area contributed by atoms with Gasteiger partial charge in [-0.1, -0.05) is 129 Å². The number of halogens is 7. The Kier molecular flexibility index (Phi) is 32.2. The number of aliphatic imine (C=N–C) groups is 1. The van der Waals surface area contributed by atoms with Gasteiger partial charge < -0.3 is 89.3 Å². The second-order valence-corrected chi connectivity index (χ2v) is 30.1. The van der Waals surface area contributed by atoms with Crippen molar-refractivity contribution in [3.63, 3.8) is 0 Å². The fourth-order valence-electron chi connectivity index (χ4n) is 13.8. The van der Waals surface area contributed by atoms with Crippen LogP contribution in [0.2, 0.25) is 5.02 Å². The number of fused-ring (bicyclic) bond motifs is 3. The van der Waals surface area contributed by atoms with Crippen LogP contribution in [0.4, 0.5) is 26.3 Å². The molecule has 119 heavy (non-hydrogen) atoms. The molecule has 0 bridgehead atoms. The number of benzene rings is 6. The molecule has 0 radical (unpaired) electrons. The van der Waals surface area contributed by atoms with E-state index in [1.165, 1.54) is 43.0 Å². The van der Waals surface area contributed by atoms with Crippen molar-refractivity contribution in [1.29, 1.82) is 0 Å². The van der Waals surface area contributed by atoms with Gasteiger partial charge in [-0.25, -0.2) is 0 Å². The van der Waals surface area contributed by atoms with E-state index in [9.17, 15) is 65.3 Å². The minimum absolute atomic E-state index is 0.00214. The molecule has 0 aliphatic carbocycles. The van der Waals surface area contributed by atoms with Gasteiger partial charge in [0.1, 0.15) is 79.3 Å². The zero-order chi connectivity index (χ0) is 86.3. The van der Waals surface area contributed by atoms with Crippen LogP contribution in [0, 0.1) is 5.92 Å². The normalized spacial score (nSPS) is 15.2. The molecule has 8 aromatic rings. The van der Waals surface area contributed by atoms with Gasteiger partial charge >= 0.3 is 12.4 Å². The highest BCUT2D eigenvalue weighted by molar-refractivity contribution is 6.30. The molecule has 29 nitrogen and oxygen atoms in total. The number of aromatic amines is 2. The number of carbonyl (C=O) groups is 11. The number of rotatable bonds is 39. The Morgan fingerprint density at radius 2 is 0.966 bits per heavy atom. The Bertz CT molecular complexity index is 4910. The number of nitrogens with zero attached hydrogens (tertiary/aromatic N) is 2. The number of primary amides is 1. The van der Waals surface area contributed by atoms with Crippen molar-refractivity contribution in [2.75, 3.05) is 32.8 Å². The fourth-order valence-corrected chi connectivity index (χ4v) is 13.9. The minimum Gasteiger partial charge on any atom is -0.508 e. The van der Waals surface area contributed by atoms with Crippen molar-refractivity contribution in [1.82, 2.24) is 73.4 Å². The van der Waals surface area contributed by atoms with E-state index < -0.39 is 169 Å². The Labute approximate surface area is 685 Å². The lowest BCUT2D eigenvalue weighted by atomic mass is 9.99. The number of phenolic OH excluding ortho intramolecular Hbond substituents is 1. The van der Waals surface area contributed by atoms with Gasteiger partial charge in [0.05, 0.1) is 6.61 Å². The lowest BCUT2D eigenvalue weighted by molar-refractivity contribution is -0.142. The number of nitrogens with two attached hydrogens (primary N) is 1. The number of H-pyrrole nitrogens is 2. The molecule has 1 fully saturated rings. The number of phenols is 1. The fraction of sp³-hybridized carbons (Fsp3) is 0.398. The summed E-state index contributed by atoms with van der Waals surface area (Å²) in [5.74, 6) is -11.2. The van der Waals surface area contributed by atoms with Crippen LogP contribution in [0.3, 0.4) is 0 Å². The van der Waals surface area contributed by atoms with Crippen LogP contribution in [-0.2, 0) is 84.8 Å². The third-order valence-corrected chi connectivity index (χ3v) is 20.1. The van der Waals surface area contributed by atoms with Crippen molar-refractivity contribution in [2.24, 2.45) is 16.6 Å². The van der Waals surface area contributed by atoms with E-state index in [1.54, 1.807) is 110 Å². The first-order valence-electron chi connectivity index (χ1n) is 38.7. The third-order valence-electron chi connectivity index (χ3n) is 19.9. The quantitative estimate of drug-likeness (QED) is 0.00989. The van der Waals surface area contributed by atoms with E-state index in [0.29, 0.717) is 54.6 Å². The van der Waals surface area contributed by atoms with Crippen LogP contribution in [0.5, 0.6) is 5.75 Å². The summed E-state index contributed by atoms with van der Waals surface area (Å²) >= 11 is 6.28. The molecular weight excluding hydrogens is 1580 g/mol. The lowest BCUT2D eigenvalue weighted by Crippen LogP contribution is -2.62. The van der Waals surface area contributed by atoms with Crippen LogP contribution in [0.25, 0.3) is 32.6 Å². The SMILES string of the molecule is CC(=O)N[C@H](Cc1ccc2ccccc2c1)C(=O)N[C@@H](Cc1ccc(Cl)cc1)C(=O)N[C@H](Cc1c[nH]c2ccccc12)C(=O)N[C@@H](CO)C(=O)N[C@@H](Cc1ccc(O)cc1)C(=O)N[C@H](Cc1c[nH]c2ccccc12)C(=O)N[C@@H](CC(C)C)C(=O)N[C@@H](CCCCN=C(NCC(F)(F)F)NCC(F)(F)F)C(=O)N1CCC[C@H]1C(=O)N[C@H](C)C(N)=O. The molecule has 1 aliphatic rings. The first kappa shape index (κ1) is 90.6. The molecule has 636 valence electrons. The lowest BCUT2D eigenvalue weighted by Gasteiger charge is -2.31. The summed E-state index contributed by atoms with van der Waals surface area (Å²) in [6, 6.07) is 24.1. The molecule has 2 aromatic heterocycles. The van der Waals surface area contributed by atoms with E-state index in [-0.39, 0.29) is 89.5 Å². The molecular formula is C83H97ClF6N16O13. The van der Waals surface area contributed by atoms with E-state index in [4.69, 9.17) is 17.3 Å². The number of likely N-dealkylation sites (tertiary alicyclic amines) is 1. The van der Waals surface area contributed by atoms with Crippen LogP contribution < -0.4 is 64.2 Å². The number of aromatic nitrogens is 2. The van der Waals surface area contributed by atoms with Crippen molar-refractivity contribution >= 4 is 115 Å². The molecule has 10 atom stereocenters. The molecule has 17 N–H and O–H groups in total. The van der Waals surface area contributed by atoms with Gasteiger partial charge in [-0.2, -0.15) is 26.3 Å². The minimum atomic E-state index is -4.84.